The van der Waals surface area contributed by atoms with Gasteiger partial charge in [0, 0.05) is 19.0 Å². The molecule has 0 spiro atoms. The van der Waals surface area contributed by atoms with Crippen molar-refractivity contribution in [2.75, 3.05) is 11.9 Å². The third kappa shape index (κ3) is 3.20. The summed E-state index contributed by atoms with van der Waals surface area (Å²) in [5.74, 6) is 0. The van der Waals surface area contributed by atoms with Crippen LogP contribution in [0.15, 0.2) is 16.2 Å². The topological polar surface area (TPSA) is 59.8 Å². The fraction of sp³-hybridized carbons (Fsp3) is 0.462. The number of rotatable bonds is 5. The Labute approximate surface area is 116 Å². The maximum atomic E-state index is 12.0. The summed E-state index contributed by atoms with van der Waals surface area (Å²) in [5, 5.41) is 10.1. The fourth-order valence-corrected chi connectivity index (χ4v) is 2.53. The Balaban J connectivity index is 2.25. The largest absolute Gasteiger partial charge is 0.362 e. The minimum atomic E-state index is -0.115. The monoisotopic (exact) mass is 278 g/mol. The van der Waals surface area contributed by atoms with Crippen LogP contribution in [-0.4, -0.2) is 21.3 Å². The highest BCUT2D eigenvalue weighted by molar-refractivity contribution is 7.14. The average Bonchev–Trinajstić information content (AvgIpc) is 2.83. The van der Waals surface area contributed by atoms with E-state index in [0.29, 0.717) is 5.56 Å². The second kappa shape index (κ2) is 5.97. The molecular weight excluding hydrogens is 260 g/mol. The van der Waals surface area contributed by atoms with Crippen molar-refractivity contribution in [3.63, 3.8) is 0 Å². The van der Waals surface area contributed by atoms with Gasteiger partial charge in [-0.25, -0.2) is 9.67 Å². The van der Waals surface area contributed by atoms with Gasteiger partial charge in [-0.15, -0.1) is 11.3 Å². The van der Waals surface area contributed by atoms with E-state index in [1.165, 1.54) is 16.0 Å². The van der Waals surface area contributed by atoms with Gasteiger partial charge in [0.05, 0.1) is 17.0 Å². The molecule has 19 heavy (non-hydrogen) atoms. The second-order valence-corrected chi connectivity index (χ2v) is 5.30. The molecule has 0 amide bonds. The highest BCUT2D eigenvalue weighted by Gasteiger charge is 2.10. The Morgan fingerprint density at radius 1 is 1.47 bits per heavy atom. The lowest BCUT2D eigenvalue weighted by atomic mass is 10.2. The first-order valence-electron chi connectivity index (χ1n) is 6.36. The predicted molar refractivity (Wildman–Crippen MR) is 78.7 cm³/mol. The number of hydrogen-bond acceptors (Lipinski definition) is 5. The normalized spacial score (nSPS) is 10.7. The molecule has 102 valence electrons. The summed E-state index contributed by atoms with van der Waals surface area (Å²) in [4.78, 5) is 16.5. The molecule has 0 aromatic carbocycles. The molecule has 6 heteroatoms. The Morgan fingerprint density at radius 3 is 3.00 bits per heavy atom. The summed E-state index contributed by atoms with van der Waals surface area (Å²) < 4.78 is 1.36. The third-order valence-electron chi connectivity index (χ3n) is 2.77. The van der Waals surface area contributed by atoms with Crippen LogP contribution in [0.3, 0.4) is 0 Å². The number of hydrogen-bond donors (Lipinski definition) is 1. The summed E-state index contributed by atoms with van der Waals surface area (Å²) in [5.41, 5.74) is 2.02. The first kappa shape index (κ1) is 13.7. The highest BCUT2D eigenvalue weighted by atomic mass is 32.1. The number of aryl methyl sites for hydroxylation is 2. The van der Waals surface area contributed by atoms with Crippen molar-refractivity contribution in [1.82, 2.24) is 14.8 Å². The first-order chi connectivity index (χ1) is 9.11. The van der Waals surface area contributed by atoms with E-state index < -0.39 is 0 Å². The number of unbranched alkanes of at least 4 members (excludes halogenated alkanes) is 1. The second-order valence-electron chi connectivity index (χ2n) is 4.45. The summed E-state index contributed by atoms with van der Waals surface area (Å²) in [6.07, 6.45) is 2.26. The Morgan fingerprint density at radius 2 is 2.26 bits per heavy atom. The fourth-order valence-electron chi connectivity index (χ4n) is 1.79. The molecule has 2 aromatic rings. The zero-order chi connectivity index (χ0) is 13.8. The van der Waals surface area contributed by atoms with Crippen LogP contribution in [0.25, 0.3) is 11.3 Å². The van der Waals surface area contributed by atoms with Crippen molar-refractivity contribution in [3.8, 4) is 11.3 Å². The van der Waals surface area contributed by atoms with E-state index in [1.807, 2.05) is 12.3 Å². The molecule has 2 rings (SSSR count). The molecule has 5 nitrogen and oxygen atoms in total. The van der Waals surface area contributed by atoms with Crippen molar-refractivity contribution < 1.29 is 0 Å². The van der Waals surface area contributed by atoms with Crippen molar-refractivity contribution in [2.24, 2.45) is 7.05 Å². The number of thiazole rings is 1. The lowest BCUT2D eigenvalue weighted by Gasteiger charge is -2.02. The smallest absolute Gasteiger partial charge is 0.275 e. The van der Waals surface area contributed by atoms with Gasteiger partial charge in [0.1, 0.15) is 0 Å². The quantitative estimate of drug-likeness (QED) is 0.853. The SMILES string of the molecule is CCCCNc1nc(-c2cc(C)nn(C)c2=O)cs1. The minimum Gasteiger partial charge on any atom is -0.362 e. The van der Waals surface area contributed by atoms with E-state index in [1.54, 1.807) is 13.1 Å². The average molecular weight is 278 g/mol. The number of nitrogens with one attached hydrogen (secondary N) is 1. The lowest BCUT2D eigenvalue weighted by molar-refractivity contribution is 0.694. The molecule has 0 atom stereocenters. The van der Waals surface area contributed by atoms with Crippen molar-refractivity contribution in [3.05, 3.63) is 27.5 Å². The molecule has 1 N–H and O–H groups in total. The van der Waals surface area contributed by atoms with Gasteiger partial charge in [0.15, 0.2) is 5.13 Å². The molecule has 0 saturated carbocycles. The third-order valence-corrected chi connectivity index (χ3v) is 3.57. The zero-order valence-electron chi connectivity index (χ0n) is 11.4. The van der Waals surface area contributed by atoms with Crippen LogP contribution in [0.1, 0.15) is 25.5 Å². The van der Waals surface area contributed by atoms with Crippen LogP contribution in [0.2, 0.25) is 0 Å². The molecule has 2 aromatic heterocycles. The summed E-state index contributed by atoms with van der Waals surface area (Å²) >= 11 is 1.52. The molecule has 2 heterocycles. The first-order valence-corrected chi connectivity index (χ1v) is 7.24. The van der Waals surface area contributed by atoms with E-state index in [4.69, 9.17) is 0 Å². The molecule has 0 fully saturated rings. The van der Waals surface area contributed by atoms with E-state index in [0.717, 1.165) is 35.9 Å². The van der Waals surface area contributed by atoms with E-state index in [2.05, 4.69) is 22.3 Å². The van der Waals surface area contributed by atoms with Crippen LogP contribution in [0.5, 0.6) is 0 Å². The van der Waals surface area contributed by atoms with Gasteiger partial charge in [-0.2, -0.15) is 5.10 Å². The maximum absolute atomic E-state index is 12.0. The standard InChI is InChI=1S/C13H18N4OS/c1-4-5-6-14-13-15-11(8-19-13)10-7-9(2)16-17(3)12(10)18/h7-8H,4-6H2,1-3H3,(H,14,15). The summed E-state index contributed by atoms with van der Waals surface area (Å²) in [7, 11) is 1.66. The van der Waals surface area contributed by atoms with E-state index >= 15 is 0 Å². The molecule has 0 aliphatic carbocycles. The highest BCUT2D eigenvalue weighted by Crippen LogP contribution is 2.22. The van der Waals surface area contributed by atoms with Gasteiger partial charge in [-0.05, 0) is 19.4 Å². The van der Waals surface area contributed by atoms with Crippen molar-refractivity contribution in [2.45, 2.75) is 26.7 Å². The Hall–Kier alpha value is -1.69. The summed E-state index contributed by atoms with van der Waals surface area (Å²) in [6.45, 7) is 4.94. The van der Waals surface area contributed by atoms with Gasteiger partial charge in [-0.3, -0.25) is 4.79 Å². The zero-order valence-corrected chi connectivity index (χ0v) is 12.3. The number of nitrogens with zero attached hydrogens (tertiary/aromatic N) is 3. The van der Waals surface area contributed by atoms with Crippen molar-refractivity contribution in [1.29, 1.82) is 0 Å². The Bertz CT molecular complexity index is 617. The van der Waals surface area contributed by atoms with E-state index in [9.17, 15) is 4.79 Å². The molecule has 0 aliphatic rings. The predicted octanol–water partition coefficient (Wildman–Crippen LogP) is 2.42. The maximum Gasteiger partial charge on any atom is 0.275 e. The number of anilines is 1. The van der Waals surface area contributed by atoms with Crippen LogP contribution in [-0.2, 0) is 7.05 Å². The van der Waals surface area contributed by atoms with Gasteiger partial charge in [-0.1, -0.05) is 13.3 Å². The minimum absolute atomic E-state index is 0.115. The molecule has 0 bridgehead atoms. The molecule has 0 saturated heterocycles. The van der Waals surface area contributed by atoms with Gasteiger partial charge in [0.25, 0.3) is 5.56 Å². The Kier molecular flexibility index (Phi) is 4.31. The van der Waals surface area contributed by atoms with Gasteiger partial charge < -0.3 is 5.32 Å². The number of aromatic nitrogens is 3. The van der Waals surface area contributed by atoms with Gasteiger partial charge in [0.2, 0.25) is 0 Å². The van der Waals surface area contributed by atoms with Crippen LogP contribution >= 0.6 is 11.3 Å². The molecule has 0 aliphatic heterocycles. The molecule has 0 radical (unpaired) electrons. The molecular formula is C13H18N4OS. The lowest BCUT2D eigenvalue weighted by Crippen LogP contribution is -2.21. The van der Waals surface area contributed by atoms with Gasteiger partial charge >= 0.3 is 0 Å². The van der Waals surface area contributed by atoms with Crippen LogP contribution in [0, 0.1) is 6.92 Å². The van der Waals surface area contributed by atoms with E-state index in [-0.39, 0.29) is 5.56 Å². The van der Waals surface area contributed by atoms with Crippen LogP contribution in [0.4, 0.5) is 5.13 Å². The van der Waals surface area contributed by atoms with Crippen LogP contribution < -0.4 is 10.9 Å². The molecule has 0 unspecified atom stereocenters. The van der Waals surface area contributed by atoms with Crippen molar-refractivity contribution >= 4 is 16.5 Å². The summed E-state index contributed by atoms with van der Waals surface area (Å²) in [6, 6.07) is 1.78.